The summed E-state index contributed by atoms with van der Waals surface area (Å²) >= 11 is 3.46. The van der Waals surface area contributed by atoms with Gasteiger partial charge in [-0.25, -0.2) is 0 Å². The molecule has 2 rings (SSSR count). The molecule has 1 unspecified atom stereocenters. The van der Waals surface area contributed by atoms with E-state index in [0.717, 1.165) is 42.5 Å². The molecule has 0 saturated carbocycles. The highest BCUT2D eigenvalue weighted by atomic mass is 79.9. The van der Waals surface area contributed by atoms with Crippen molar-refractivity contribution in [2.24, 2.45) is 0 Å². The first-order valence-electron chi connectivity index (χ1n) is 7.53. The fourth-order valence-electron chi connectivity index (χ4n) is 2.20. The van der Waals surface area contributed by atoms with E-state index in [1.165, 1.54) is 0 Å². The average Bonchev–Trinajstić information content (AvgIpc) is 3.00. The Morgan fingerprint density at radius 3 is 3.05 bits per heavy atom. The van der Waals surface area contributed by atoms with Crippen molar-refractivity contribution in [1.82, 2.24) is 5.32 Å². The van der Waals surface area contributed by atoms with Crippen molar-refractivity contribution < 1.29 is 14.3 Å². The lowest BCUT2D eigenvalue weighted by molar-refractivity contribution is 0.0857. The largest absolute Gasteiger partial charge is 0.492 e. The lowest BCUT2D eigenvalue weighted by Crippen LogP contribution is -2.31. The molecule has 4 nitrogen and oxygen atoms in total. The van der Waals surface area contributed by atoms with Crippen molar-refractivity contribution in [3.63, 3.8) is 0 Å². The molecule has 1 atom stereocenters. The third-order valence-corrected chi connectivity index (χ3v) is 4.08. The van der Waals surface area contributed by atoms with Gasteiger partial charge in [0.05, 0.1) is 17.2 Å². The van der Waals surface area contributed by atoms with E-state index in [9.17, 15) is 4.79 Å². The van der Waals surface area contributed by atoms with Gasteiger partial charge in [0.15, 0.2) is 0 Å². The predicted molar refractivity (Wildman–Crippen MR) is 85.9 cm³/mol. The smallest absolute Gasteiger partial charge is 0.251 e. The van der Waals surface area contributed by atoms with Gasteiger partial charge in [-0.05, 0) is 53.4 Å². The van der Waals surface area contributed by atoms with Gasteiger partial charge in [0.25, 0.3) is 5.91 Å². The summed E-state index contributed by atoms with van der Waals surface area (Å²) in [7, 11) is 0. The highest BCUT2D eigenvalue weighted by Crippen LogP contribution is 2.26. The van der Waals surface area contributed by atoms with Gasteiger partial charge < -0.3 is 14.8 Å². The van der Waals surface area contributed by atoms with Crippen molar-refractivity contribution in [2.45, 2.75) is 38.7 Å². The molecule has 116 valence electrons. The standard InChI is InChI=1S/C16H22BrNO3/c1-2-3-8-21-15-7-6-12(10-14(15)17)16(19)18-11-13-5-4-9-20-13/h6-7,10,13H,2-5,8-9,11H2,1H3,(H,18,19). The molecule has 1 aliphatic rings. The Bertz CT molecular complexity index is 473. The van der Waals surface area contributed by atoms with Gasteiger partial charge >= 0.3 is 0 Å². The number of nitrogens with one attached hydrogen (secondary N) is 1. The molecule has 21 heavy (non-hydrogen) atoms. The van der Waals surface area contributed by atoms with Gasteiger partial charge in [0.1, 0.15) is 5.75 Å². The predicted octanol–water partition coefficient (Wildman–Crippen LogP) is 3.54. The number of amides is 1. The van der Waals surface area contributed by atoms with Crippen LogP contribution in [-0.4, -0.2) is 31.8 Å². The molecule has 1 N–H and O–H groups in total. The van der Waals surface area contributed by atoms with Crippen LogP contribution in [0.3, 0.4) is 0 Å². The quantitative estimate of drug-likeness (QED) is 0.761. The number of hydrogen-bond donors (Lipinski definition) is 1. The second kappa shape index (κ2) is 8.39. The number of hydrogen-bond acceptors (Lipinski definition) is 3. The van der Waals surface area contributed by atoms with Crippen LogP contribution >= 0.6 is 15.9 Å². The maximum absolute atomic E-state index is 12.1. The first-order chi connectivity index (χ1) is 10.2. The minimum Gasteiger partial charge on any atom is -0.492 e. The third-order valence-electron chi connectivity index (χ3n) is 3.46. The van der Waals surface area contributed by atoms with Crippen LogP contribution in [0.1, 0.15) is 43.0 Å². The van der Waals surface area contributed by atoms with Crippen LogP contribution in [0.15, 0.2) is 22.7 Å². The Morgan fingerprint density at radius 1 is 1.52 bits per heavy atom. The first-order valence-corrected chi connectivity index (χ1v) is 8.32. The Hall–Kier alpha value is -1.07. The van der Waals surface area contributed by atoms with Gasteiger partial charge in [-0.15, -0.1) is 0 Å². The Labute approximate surface area is 134 Å². The van der Waals surface area contributed by atoms with E-state index in [1.54, 1.807) is 12.1 Å². The zero-order valence-electron chi connectivity index (χ0n) is 12.4. The molecule has 0 radical (unpaired) electrons. The minimum absolute atomic E-state index is 0.0775. The van der Waals surface area contributed by atoms with Gasteiger partial charge in [0.2, 0.25) is 0 Å². The average molecular weight is 356 g/mol. The molecule has 1 aliphatic heterocycles. The van der Waals surface area contributed by atoms with Crippen molar-refractivity contribution in [3.8, 4) is 5.75 Å². The Balaban J connectivity index is 1.87. The van der Waals surface area contributed by atoms with Gasteiger partial charge in [-0.1, -0.05) is 13.3 Å². The highest BCUT2D eigenvalue weighted by molar-refractivity contribution is 9.10. The van der Waals surface area contributed by atoms with E-state index in [-0.39, 0.29) is 12.0 Å². The zero-order valence-corrected chi connectivity index (χ0v) is 13.9. The summed E-state index contributed by atoms with van der Waals surface area (Å²) in [5, 5.41) is 2.91. The maximum Gasteiger partial charge on any atom is 0.251 e. The molecule has 1 saturated heterocycles. The van der Waals surface area contributed by atoms with Gasteiger partial charge in [-0.3, -0.25) is 4.79 Å². The van der Waals surface area contributed by atoms with Gasteiger partial charge in [0, 0.05) is 18.7 Å². The summed E-state index contributed by atoms with van der Waals surface area (Å²) < 4.78 is 12.0. The van der Waals surface area contributed by atoms with Crippen LogP contribution in [0.4, 0.5) is 0 Å². The molecular formula is C16H22BrNO3. The van der Waals surface area contributed by atoms with E-state index >= 15 is 0 Å². The van der Waals surface area contributed by atoms with Crippen molar-refractivity contribution in [3.05, 3.63) is 28.2 Å². The minimum atomic E-state index is -0.0775. The second-order valence-electron chi connectivity index (χ2n) is 5.19. The summed E-state index contributed by atoms with van der Waals surface area (Å²) in [6, 6.07) is 5.42. The SMILES string of the molecule is CCCCOc1ccc(C(=O)NCC2CCCO2)cc1Br. The topological polar surface area (TPSA) is 47.6 Å². The van der Waals surface area contributed by atoms with Crippen LogP contribution in [0, 0.1) is 0 Å². The molecule has 0 spiro atoms. The number of benzene rings is 1. The molecule has 1 aromatic rings. The molecule has 0 bridgehead atoms. The van der Waals surface area contributed by atoms with Crippen molar-refractivity contribution in [2.75, 3.05) is 19.8 Å². The van der Waals surface area contributed by atoms with Crippen molar-refractivity contribution in [1.29, 1.82) is 0 Å². The van der Waals surface area contributed by atoms with E-state index in [2.05, 4.69) is 28.2 Å². The number of carbonyl (C=O) groups excluding carboxylic acids is 1. The molecule has 0 aromatic heterocycles. The second-order valence-corrected chi connectivity index (χ2v) is 6.05. The fraction of sp³-hybridized carbons (Fsp3) is 0.562. The van der Waals surface area contributed by atoms with Crippen LogP contribution in [0.2, 0.25) is 0 Å². The number of unbranched alkanes of at least 4 members (excludes halogenated alkanes) is 1. The lowest BCUT2D eigenvalue weighted by atomic mass is 10.2. The Morgan fingerprint density at radius 2 is 2.38 bits per heavy atom. The first kappa shape index (κ1) is 16.3. The van der Waals surface area contributed by atoms with Crippen LogP contribution < -0.4 is 10.1 Å². The summed E-state index contributed by atoms with van der Waals surface area (Å²) in [6.45, 7) is 4.20. The van der Waals surface area contributed by atoms with Crippen LogP contribution in [0.25, 0.3) is 0 Å². The highest BCUT2D eigenvalue weighted by Gasteiger charge is 2.17. The number of carbonyl (C=O) groups is 1. The fourth-order valence-corrected chi connectivity index (χ4v) is 2.69. The Kier molecular flexibility index (Phi) is 6.51. The molecule has 5 heteroatoms. The van der Waals surface area contributed by atoms with E-state index < -0.39 is 0 Å². The van der Waals surface area contributed by atoms with E-state index in [4.69, 9.17) is 9.47 Å². The van der Waals surface area contributed by atoms with Gasteiger partial charge in [-0.2, -0.15) is 0 Å². The van der Waals surface area contributed by atoms with Crippen molar-refractivity contribution >= 4 is 21.8 Å². The monoisotopic (exact) mass is 355 g/mol. The number of halogens is 1. The summed E-state index contributed by atoms with van der Waals surface area (Å²) in [6.07, 6.45) is 4.38. The molecule has 1 amide bonds. The zero-order chi connectivity index (χ0) is 15.1. The number of rotatable bonds is 7. The molecule has 0 aliphatic carbocycles. The van der Waals surface area contributed by atoms with Crippen LogP contribution in [0.5, 0.6) is 5.75 Å². The molecule has 1 fully saturated rings. The summed E-state index contributed by atoms with van der Waals surface area (Å²) in [4.78, 5) is 12.1. The maximum atomic E-state index is 12.1. The molecule has 1 aromatic carbocycles. The summed E-state index contributed by atoms with van der Waals surface area (Å²) in [5.41, 5.74) is 0.628. The van der Waals surface area contributed by atoms with E-state index in [1.807, 2.05) is 6.07 Å². The van der Waals surface area contributed by atoms with Crippen LogP contribution in [-0.2, 0) is 4.74 Å². The van der Waals surface area contributed by atoms with E-state index in [0.29, 0.717) is 18.7 Å². The third kappa shape index (κ3) is 5.00. The normalized spacial score (nSPS) is 17.7. The molecule has 1 heterocycles. The summed E-state index contributed by atoms with van der Waals surface area (Å²) in [5.74, 6) is 0.699. The molecular weight excluding hydrogens is 334 g/mol. The lowest BCUT2D eigenvalue weighted by Gasteiger charge is -2.12. The number of ether oxygens (including phenoxy) is 2.